The number of methoxy groups -OCH3 is 2. The fraction of sp³-hybridized carbons (Fsp3) is 0.250. The van der Waals surface area contributed by atoms with E-state index in [1.165, 1.54) is 14.2 Å². The number of pyridine rings is 2. The predicted molar refractivity (Wildman–Crippen MR) is 117 cm³/mol. The second-order valence-electron chi connectivity index (χ2n) is 7.46. The van der Waals surface area contributed by atoms with Gasteiger partial charge in [-0.3, -0.25) is 19.6 Å². The molecule has 0 radical (unpaired) electrons. The fourth-order valence-electron chi connectivity index (χ4n) is 4.09. The van der Waals surface area contributed by atoms with Crippen molar-refractivity contribution < 1.29 is 19.1 Å². The van der Waals surface area contributed by atoms with Gasteiger partial charge in [-0.15, -0.1) is 0 Å². The molecule has 1 aliphatic heterocycles. The van der Waals surface area contributed by atoms with E-state index in [0.717, 1.165) is 11.3 Å². The molecule has 2 atom stereocenters. The Labute approximate surface area is 186 Å². The van der Waals surface area contributed by atoms with Crippen molar-refractivity contribution in [1.82, 2.24) is 20.2 Å². The van der Waals surface area contributed by atoms with Crippen LogP contribution in [0.4, 0.5) is 0 Å². The molecule has 164 valence electrons. The van der Waals surface area contributed by atoms with Crippen molar-refractivity contribution in [2.75, 3.05) is 21.3 Å². The van der Waals surface area contributed by atoms with Crippen LogP contribution in [0.1, 0.15) is 39.1 Å². The molecule has 4 rings (SSSR count). The van der Waals surface area contributed by atoms with Crippen molar-refractivity contribution in [2.45, 2.75) is 18.5 Å². The van der Waals surface area contributed by atoms with Gasteiger partial charge in [-0.2, -0.15) is 0 Å². The normalized spacial score (nSPS) is 17.5. The first-order valence-corrected chi connectivity index (χ1v) is 10.2. The third-order valence-corrected chi connectivity index (χ3v) is 5.65. The summed E-state index contributed by atoms with van der Waals surface area (Å²) in [4.78, 5) is 36.9. The third kappa shape index (κ3) is 3.87. The first-order valence-electron chi connectivity index (χ1n) is 10.2. The van der Waals surface area contributed by atoms with E-state index in [4.69, 9.17) is 9.47 Å². The number of carbonyl (C=O) groups excluding carboxylic acids is 2. The van der Waals surface area contributed by atoms with Crippen LogP contribution in [0.5, 0.6) is 11.5 Å². The number of nitrogens with one attached hydrogen (secondary N) is 1. The molecule has 3 heterocycles. The highest BCUT2D eigenvalue weighted by molar-refractivity contribution is 6.02. The molecule has 0 aliphatic carbocycles. The Morgan fingerprint density at radius 3 is 2.53 bits per heavy atom. The lowest BCUT2D eigenvalue weighted by molar-refractivity contribution is -0.124. The summed E-state index contributed by atoms with van der Waals surface area (Å²) in [6, 6.07) is 12.0. The van der Waals surface area contributed by atoms with Gasteiger partial charge in [-0.25, -0.2) is 0 Å². The Morgan fingerprint density at radius 2 is 1.88 bits per heavy atom. The van der Waals surface area contributed by atoms with Gasteiger partial charge >= 0.3 is 0 Å². The molecule has 2 aromatic heterocycles. The summed E-state index contributed by atoms with van der Waals surface area (Å²) in [5.41, 5.74) is 2.50. The van der Waals surface area contributed by atoms with Crippen LogP contribution >= 0.6 is 0 Å². The predicted octanol–water partition coefficient (Wildman–Crippen LogP) is 2.72. The molecule has 3 aromatic rings. The maximum atomic E-state index is 13.6. The van der Waals surface area contributed by atoms with E-state index in [0.29, 0.717) is 22.6 Å². The van der Waals surface area contributed by atoms with Crippen LogP contribution in [0.25, 0.3) is 0 Å². The lowest BCUT2D eigenvalue weighted by atomic mass is 9.79. The van der Waals surface area contributed by atoms with Gasteiger partial charge in [0.05, 0.1) is 38.4 Å². The molecule has 1 N–H and O–H groups in total. The Balaban J connectivity index is 1.80. The molecule has 32 heavy (non-hydrogen) atoms. The number of rotatable bonds is 6. The Morgan fingerprint density at radius 1 is 1.09 bits per heavy atom. The number of benzene rings is 1. The number of fused-ring (bicyclic) bond motifs is 1. The molecular formula is C24H24N4O4. The SMILES string of the molecule is COc1cc2c(cc1OC)[C@@H](C(=O)NCc1ccccn1)[C@H](c1cccnc1)N(C)C2=O. The largest absolute Gasteiger partial charge is 0.493 e. The molecule has 0 fully saturated rings. The minimum atomic E-state index is -0.680. The van der Waals surface area contributed by atoms with E-state index in [9.17, 15) is 9.59 Å². The quantitative estimate of drug-likeness (QED) is 0.644. The summed E-state index contributed by atoms with van der Waals surface area (Å²) in [6.45, 7) is 0.274. The van der Waals surface area contributed by atoms with E-state index >= 15 is 0 Å². The molecule has 0 bridgehead atoms. The Bertz CT molecular complexity index is 1120. The van der Waals surface area contributed by atoms with Crippen LogP contribution < -0.4 is 14.8 Å². The summed E-state index contributed by atoms with van der Waals surface area (Å²) in [5.74, 6) is -0.224. The average Bonchev–Trinajstić information content (AvgIpc) is 2.84. The smallest absolute Gasteiger partial charge is 0.254 e. The van der Waals surface area contributed by atoms with Crippen molar-refractivity contribution in [3.05, 3.63) is 83.4 Å². The van der Waals surface area contributed by atoms with E-state index < -0.39 is 12.0 Å². The lowest BCUT2D eigenvalue weighted by Crippen LogP contribution is -2.45. The molecule has 8 heteroatoms. The minimum Gasteiger partial charge on any atom is -0.493 e. The number of amides is 2. The van der Waals surface area contributed by atoms with Gasteiger partial charge in [0.25, 0.3) is 5.91 Å². The van der Waals surface area contributed by atoms with Crippen LogP contribution in [-0.4, -0.2) is 47.9 Å². The highest BCUT2D eigenvalue weighted by Crippen LogP contribution is 2.45. The van der Waals surface area contributed by atoms with Gasteiger partial charge in [0.2, 0.25) is 5.91 Å². The third-order valence-electron chi connectivity index (χ3n) is 5.65. The maximum Gasteiger partial charge on any atom is 0.254 e. The van der Waals surface area contributed by atoms with Crippen LogP contribution in [0.2, 0.25) is 0 Å². The molecular weight excluding hydrogens is 408 g/mol. The van der Waals surface area contributed by atoms with Crippen LogP contribution in [0.3, 0.4) is 0 Å². The number of aromatic nitrogens is 2. The molecule has 0 saturated carbocycles. The molecule has 0 unspecified atom stereocenters. The second-order valence-corrected chi connectivity index (χ2v) is 7.46. The van der Waals surface area contributed by atoms with Gasteiger partial charge < -0.3 is 19.7 Å². The highest BCUT2D eigenvalue weighted by atomic mass is 16.5. The molecule has 0 spiro atoms. The Hall–Kier alpha value is -3.94. The summed E-state index contributed by atoms with van der Waals surface area (Å²) in [6.07, 6.45) is 5.02. The summed E-state index contributed by atoms with van der Waals surface area (Å²) in [5, 5.41) is 2.98. The van der Waals surface area contributed by atoms with Gasteiger partial charge in [0, 0.05) is 31.2 Å². The summed E-state index contributed by atoms with van der Waals surface area (Å²) < 4.78 is 10.8. The van der Waals surface area contributed by atoms with Crippen molar-refractivity contribution in [3.63, 3.8) is 0 Å². The van der Waals surface area contributed by atoms with E-state index in [-0.39, 0.29) is 18.4 Å². The molecule has 1 aromatic carbocycles. The van der Waals surface area contributed by atoms with Gasteiger partial charge in [-0.1, -0.05) is 12.1 Å². The number of hydrogen-bond donors (Lipinski definition) is 1. The topological polar surface area (TPSA) is 93.7 Å². The van der Waals surface area contributed by atoms with Crippen LogP contribution in [-0.2, 0) is 11.3 Å². The Kier molecular flexibility index (Phi) is 6.02. The van der Waals surface area contributed by atoms with Gasteiger partial charge in [0.15, 0.2) is 11.5 Å². The van der Waals surface area contributed by atoms with Crippen molar-refractivity contribution >= 4 is 11.8 Å². The number of nitrogens with zero attached hydrogens (tertiary/aromatic N) is 3. The highest BCUT2D eigenvalue weighted by Gasteiger charge is 2.43. The lowest BCUT2D eigenvalue weighted by Gasteiger charge is -2.39. The maximum absolute atomic E-state index is 13.6. The molecule has 2 amide bonds. The van der Waals surface area contributed by atoms with Crippen molar-refractivity contribution in [1.29, 1.82) is 0 Å². The number of ether oxygens (including phenoxy) is 2. The second kappa shape index (κ2) is 9.05. The van der Waals surface area contributed by atoms with Gasteiger partial charge in [-0.05, 0) is 41.5 Å². The average molecular weight is 432 g/mol. The zero-order chi connectivity index (χ0) is 22.7. The number of likely N-dealkylation sites (N-methyl/N-ethyl adjacent to an activating group) is 1. The summed E-state index contributed by atoms with van der Waals surface area (Å²) in [7, 11) is 4.73. The monoisotopic (exact) mass is 432 g/mol. The summed E-state index contributed by atoms with van der Waals surface area (Å²) >= 11 is 0. The number of carbonyl (C=O) groups is 2. The molecule has 1 aliphatic rings. The van der Waals surface area contributed by atoms with E-state index in [2.05, 4.69) is 15.3 Å². The fourth-order valence-corrected chi connectivity index (χ4v) is 4.09. The first kappa shape index (κ1) is 21.3. The minimum absolute atomic E-state index is 0.205. The van der Waals surface area contributed by atoms with Gasteiger partial charge in [0.1, 0.15) is 0 Å². The van der Waals surface area contributed by atoms with E-state index in [1.54, 1.807) is 48.7 Å². The molecule has 8 nitrogen and oxygen atoms in total. The van der Waals surface area contributed by atoms with Crippen LogP contribution in [0.15, 0.2) is 61.1 Å². The van der Waals surface area contributed by atoms with Crippen LogP contribution in [0, 0.1) is 0 Å². The van der Waals surface area contributed by atoms with Crippen molar-refractivity contribution in [3.8, 4) is 11.5 Å². The zero-order valence-corrected chi connectivity index (χ0v) is 18.1. The van der Waals surface area contributed by atoms with Crippen molar-refractivity contribution in [2.24, 2.45) is 0 Å². The number of hydrogen-bond acceptors (Lipinski definition) is 6. The van der Waals surface area contributed by atoms with E-state index in [1.807, 2.05) is 24.3 Å². The zero-order valence-electron chi connectivity index (χ0n) is 18.1. The standard InChI is InChI=1S/C24H24N4O4/c1-28-22(15-7-6-9-25-13-15)21(23(29)27-14-16-8-4-5-10-26-16)17-11-19(31-2)20(32-3)12-18(17)24(28)30/h4-13,21-22H,14H2,1-3H3,(H,27,29)/t21-,22+/m1/s1. The first-order chi connectivity index (χ1) is 15.5. The molecule has 0 saturated heterocycles.